The first kappa shape index (κ1) is 15.1. The van der Waals surface area contributed by atoms with Crippen molar-refractivity contribution in [2.24, 2.45) is 0 Å². The Balaban J connectivity index is 1.80. The quantitative estimate of drug-likeness (QED) is 0.933. The number of carbonyl (C=O) groups excluding carboxylic acids is 1. The van der Waals surface area contributed by atoms with E-state index in [0.29, 0.717) is 0 Å². The van der Waals surface area contributed by atoms with Crippen LogP contribution >= 0.6 is 0 Å². The molecule has 1 aromatic carbocycles. The van der Waals surface area contributed by atoms with Crippen molar-refractivity contribution in [2.45, 2.75) is 12.1 Å². The fraction of sp³-hybridized carbons (Fsp3) is 0.267. The number of aromatic nitrogens is 2. The molecule has 3 rings (SSSR count). The van der Waals surface area contributed by atoms with Crippen molar-refractivity contribution in [1.29, 1.82) is 0 Å². The van der Waals surface area contributed by atoms with E-state index in [9.17, 15) is 18.4 Å². The van der Waals surface area contributed by atoms with Gasteiger partial charge in [0, 0.05) is 19.2 Å². The smallest absolute Gasteiger partial charge is 0.343 e. The highest BCUT2D eigenvalue weighted by Gasteiger charge is 2.47. The molecule has 1 aromatic heterocycles. The summed E-state index contributed by atoms with van der Waals surface area (Å²) in [6, 6.07) is 7.32. The summed E-state index contributed by atoms with van der Waals surface area (Å²) in [5, 5.41) is 12.8. The number of amides is 1. The largest absolute Gasteiger partial charge is 0.479 e. The first-order chi connectivity index (χ1) is 10.9. The summed E-state index contributed by atoms with van der Waals surface area (Å²) < 4.78 is 28.9. The lowest BCUT2D eigenvalue weighted by Gasteiger charge is -2.16. The Morgan fingerprint density at radius 3 is 2.65 bits per heavy atom. The van der Waals surface area contributed by atoms with Gasteiger partial charge in [-0.3, -0.25) is 4.79 Å². The highest BCUT2D eigenvalue weighted by Crippen LogP contribution is 2.27. The number of alkyl halides is 1. The average Bonchev–Trinajstić information content (AvgIpc) is 3.15. The molecule has 1 amide bonds. The van der Waals surface area contributed by atoms with Crippen LogP contribution in [0.5, 0.6) is 0 Å². The molecule has 1 aliphatic heterocycles. The number of carboxylic acids is 1. The Hall–Kier alpha value is -2.77. The van der Waals surface area contributed by atoms with Gasteiger partial charge in [-0.25, -0.2) is 18.3 Å². The van der Waals surface area contributed by atoms with Gasteiger partial charge in [-0.1, -0.05) is 12.1 Å². The van der Waals surface area contributed by atoms with Gasteiger partial charge in [0.1, 0.15) is 11.5 Å². The van der Waals surface area contributed by atoms with Crippen LogP contribution < -0.4 is 0 Å². The van der Waals surface area contributed by atoms with Gasteiger partial charge in [0.15, 0.2) is 5.69 Å². The number of nitrogens with zero attached hydrogens (tertiary/aromatic N) is 3. The minimum absolute atomic E-state index is 0.00268. The minimum Gasteiger partial charge on any atom is -0.479 e. The van der Waals surface area contributed by atoms with E-state index in [2.05, 4.69) is 5.10 Å². The molecule has 0 bridgehead atoms. The van der Waals surface area contributed by atoms with Crippen LogP contribution in [0.15, 0.2) is 36.5 Å². The fourth-order valence-corrected chi connectivity index (χ4v) is 2.49. The van der Waals surface area contributed by atoms with Crippen LogP contribution in [0, 0.1) is 5.82 Å². The van der Waals surface area contributed by atoms with E-state index >= 15 is 0 Å². The van der Waals surface area contributed by atoms with Gasteiger partial charge in [0.05, 0.1) is 6.54 Å². The Kier molecular flexibility index (Phi) is 3.59. The summed E-state index contributed by atoms with van der Waals surface area (Å²) in [4.78, 5) is 24.3. The third-order valence-electron chi connectivity index (χ3n) is 3.80. The maximum Gasteiger partial charge on any atom is 0.343 e. The second kappa shape index (κ2) is 5.45. The third-order valence-corrected chi connectivity index (χ3v) is 3.80. The molecule has 120 valence electrons. The first-order valence-electron chi connectivity index (χ1n) is 6.93. The van der Waals surface area contributed by atoms with E-state index < -0.39 is 29.9 Å². The molecular formula is C15H13F2N3O3. The summed E-state index contributed by atoms with van der Waals surface area (Å²) in [7, 11) is 0. The molecular weight excluding hydrogens is 308 g/mol. The predicted molar refractivity (Wildman–Crippen MR) is 75.5 cm³/mol. The SMILES string of the molecule is O=C(c1ccn(-c2ccccc2F)n1)N1CCC(F)(C(=O)O)C1. The van der Waals surface area contributed by atoms with Gasteiger partial charge in [0.2, 0.25) is 5.67 Å². The van der Waals surface area contributed by atoms with Crippen molar-refractivity contribution in [3.8, 4) is 5.69 Å². The second-order valence-corrected chi connectivity index (χ2v) is 5.34. The molecule has 1 unspecified atom stereocenters. The number of likely N-dealkylation sites (tertiary alicyclic amines) is 1. The van der Waals surface area contributed by atoms with E-state index in [1.54, 1.807) is 6.07 Å². The molecule has 1 fully saturated rings. The lowest BCUT2D eigenvalue weighted by atomic mass is 10.1. The minimum atomic E-state index is -2.43. The molecule has 1 aliphatic rings. The van der Waals surface area contributed by atoms with Gasteiger partial charge in [-0.2, -0.15) is 5.10 Å². The number of para-hydroxylation sites is 1. The number of rotatable bonds is 3. The summed E-state index contributed by atoms with van der Waals surface area (Å²) >= 11 is 0. The summed E-state index contributed by atoms with van der Waals surface area (Å²) in [6.07, 6.45) is 1.16. The normalized spacial score (nSPS) is 20.7. The Morgan fingerprint density at radius 2 is 2.00 bits per heavy atom. The van der Waals surface area contributed by atoms with E-state index in [-0.39, 0.29) is 24.3 Å². The molecule has 0 saturated carbocycles. The number of benzene rings is 1. The number of halogens is 2. The van der Waals surface area contributed by atoms with Crippen LogP contribution in [0.3, 0.4) is 0 Å². The molecule has 8 heteroatoms. The lowest BCUT2D eigenvalue weighted by Crippen LogP contribution is -2.39. The van der Waals surface area contributed by atoms with E-state index in [1.807, 2.05) is 0 Å². The highest BCUT2D eigenvalue weighted by atomic mass is 19.1. The van der Waals surface area contributed by atoms with Gasteiger partial charge < -0.3 is 10.0 Å². The zero-order chi connectivity index (χ0) is 16.6. The Morgan fingerprint density at radius 1 is 1.26 bits per heavy atom. The first-order valence-corrected chi connectivity index (χ1v) is 6.93. The molecule has 0 aliphatic carbocycles. The molecule has 0 spiro atoms. The van der Waals surface area contributed by atoms with Gasteiger partial charge in [-0.05, 0) is 18.2 Å². The highest BCUT2D eigenvalue weighted by molar-refractivity contribution is 5.93. The standard InChI is InChI=1S/C15H13F2N3O3/c16-10-3-1-2-4-12(10)20-7-5-11(18-20)13(21)19-8-6-15(17,9-19)14(22)23/h1-5,7H,6,8-9H2,(H,22,23). The second-order valence-electron chi connectivity index (χ2n) is 5.34. The molecule has 2 heterocycles. The Labute approximate surface area is 129 Å². The Bertz CT molecular complexity index is 777. The van der Waals surface area contributed by atoms with Crippen molar-refractivity contribution in [3.63, 3.8) is 0 Å². The van der Waals surface area contributed by atoms with Crippen LogP contribution in [0.4, 0.5) is 8.78 Å². The van der Waals surface area contributed by atoms with Crippen LogP contribution in [0.2, 0.25) is 0 Å². The topological polar surface area (TPSA) is 75.4 Å². The van der Waals surface area contributed by atoms with Crippen molar-refractivity contribution in [3.05, 3.63) is 48.0 Å². The number of aliphatic carboxylic acids is 1. The van der Waals surface area contributed by atoms with Crippen LogP contribution in [-0.4, -0.2) is 50.4 Å². The van der Waals surface area contributed by atoms with Crippen molar-refractivity contribution >= 4 is 11.9 Å². The van der Waals surface area contributed by atoms with Gasteiger partial charge >= 0.3 is 5.97 Å². The third kappa shape index (κ3) is 2.67. The maximum absolute atomic E-state index is 14.0. The summed E-state index contributed by atoms with van der Waals surface area (Å²) in [5.41, 5.74) is -2.25. The monoisotopic (exact) mass is 321 g/mol. The van der Waals surface area contributed by atoms with Gasteiger partial charge in [0.25, 0.3) is 5.91 Å². The fourth-order valence-electron chi connectivity index (χ4n) is 2.49. The number of hydrogen-bond acceptors (Lipinski definition) is 3. The summed E-state index contributed by atoms with van der Waals surface area (Å²) in [5.74, 6) is -2.66. The van der Waals surface area contributed by atoms with E-state index in [1.165, 1.54) is 35.1 Å². The molecule has 0 radical (unpaired) electrons. The van der Waals surface area contributed by atoms with Crippen LogP contribution in [-0.2, 0) is 4.79 Å². The number of carbonyl (C=O) groups is 2. The average molecular weight is 321 g/mol. The van der Waals surface area contributed by atoms with Crippen molar-refractivity contribution in [1.82, 2.24) is 14.7 Å². The number of hydrogen-bond donors (Lipinski definition) is 1. The van der Waals surface area contributed by atoms with Crippen LogP contribution in [0.1, 0.15) is 16.9 Å². The molecule has 1 N–H and O–H groups in total. The zero-order valence-electron chi connectivity index (χ0n) is 11.9. The molecule has 6 nitrogen and oxygen atoms in total. The lowest BCUT2D eigenvalue weighted by molar-refractivity contribution is -0.149. The predicted octanol–water partition coefficient (Wildman–Crippen LogP) is 1.65. The van der Waals surface area contributed by atoms with Gasteiger partial charge in [-0.15, -0.1) is 0 Å². The molecule has 23 heavy (non-hydrogen) atoms. The van der Waals surface area contributed by atoms with E-state index in [4.69, 9.17) is 5.11 Å². The summed E-state index contributed by atoms with van der Waals surface area (Å²) in [6.45, 7) is -0.526. The zero-order valence-corrected chi connectivity index (χ0v) is 11.9. The van der Waals surface area contributed by atoms with E-state index in [0.717, 1.165) is 4.90 Å². The molecule has 2 aromatic rings. The van der Waals surface area contributed by atoms with Crippen molar-refractivity contribution < 1.29 is 23.5 Å². The molecule has 1 saturated heterocycles. The number of carboxylic acid groups (broad SMARTS) is 1. The maximum atomic E-state index is 14.0. The molecule has 1 atom stereocenters. The van der Waals surface area contributed by atoms with Crippen LogP contribution in [0.25, 0.3) is 5.69 Å². The van der Waals surface area contributed by atoms with Crippen molar-refractivity contribution in [2.75, 3.05) is 13.1 Å².